The maximum atomic E-state index is 4.89. The molecule has 0 aliphatic carbocycles. The maximum absolute atomic E-state index is 4.89. The first-order valence-electron chi connectivity index (χ1n) is 4.88. The van der Waals surface area contributed by atoms with Gasteiger partial charge in [-0.1, -0.05) is 16.9 Å². The van der Waals surface area contributed by atoms with Crippen LogP contribution in [0.4, 0.5) is 0 Å². The summed E-state index contributed by atoms with van der Waals surface area (Å²) < 4.78 is 4.89. The van der Waals surface area contributed by atoms with Crippen molar-refractivity contribution in [3.05, 3.63) is 29.3 Å². The SMILES string of the molecule is Cc1cc(SCc2noc(C)n2)nc(C)n1. The Morgan fingerprint density at radius 2 is 2.00 bits per heavy atom. The second-order valence-electron chi connectivity index (χ2n) is 3.41. The van der Waals surface area contributed by atoms with Gasteiger partial charge in [0.2, 0.25) is 5.89 Å². The second kappa shape index (κ2) is 4.61. The fraction of sp³-hybridized carbons (Fsp3) is 0.400. The first-order chi connectivity index (χ1) is 7.63. The van der Waals surface area contributed by atoms with E-state index >= 15 is 0 Å². The first-order valence-corrected chi connectivity index (χ1v) is 5.86. The highest BCUT2D eigenvalue weighted by Crippen LogP contribution is 2.19. The third kappa shape index (κ3) is 2.79. The van der Waals surface area contributed by atoms with Crippen LogP contribution in [0.25, 0.3) is 0 Å². The Morgan fingerprint density at radius 1 is 1.19 bits per heavy atom. The molecule has 0 atom stereocenters. The topological polar surface area (TPSA) is 64.7 Å². The van der Waals surface area contributed by atoms with Crippen LogP contribution in [0.5, 0.6) is 0 Å². The fourth-order valence-electron chi connectivity index (χ4n) is 1.30. The van der Waals surface area contributed by atoms with Crippen LogP contribution < -0.4 is 0 Å². The number of aryl methyl sites for hydroxylation is 3. The molecule has 2 rings (SSSR count). The lowest BCUT2D eigenvalue weighted by molar-refractivity contribution is 0.389. The predicted molar refractivity (Wildman–Crippen MR) is 60.1 cm³/mol. The van der Waals surface area contributed by atoms with Gasteiger partial charge in [-0.05, 0) is 19.9 Å². The Hall–Kier alpha value is -1.43. The molecule has 0 amide bonds. The smallest absolute Gasteiger partial charge is 0.223 e. The minimum Gasteiger partial charge on any atom is -0.340 e. The molecule has 0 radical (unpaired) electrons. The summed E-state index contributed by atoms with van der Waals surface area (Å²) in [7, 11) is 0. The van der Waals surface area contributed by atoms with Crippen molar-refractivity contribution in [1.82, 2.24) is 20.1 Å². The molecule has 0 spiro atoms. The number of thioether (sulfide) groups is 1. The number of hydrogen-bond donors (Lipinski definition) is 0. The molecule has 0 unspecified atom stereocenters. The normalized spacial score (nSPS) is 10.7. The summed E-state index contributed by atoms with van der Waals surface area (Å²) in [5, 5.41) is 4.76. The van der Waals surface area contributed by atoms with Gasteiger partial charge in [-0.15, -0.1) is 0 Å². The zero-order chi connectivity index (χ0) is 11.5. The van der Waals surface area contributed by atoms with Crippen LogP contribution in [-0.2, 0) is 5.75 Å². The van der Waals surface area contributed by atoms with Crippen molar-refractivity contribution in [3.8, 4) is 0 Å². The molecular weight excluding hydrogens is 224 g/mol. The van der Waals surface area contributed by atoms with E-state index < -0.39 is 0 Å². The average Bonchev–Trinajstić information content (AvgIpc) is 2.60. The van der Waals surface area contributed by atoms with Gasteiger partial charge in [-0.25, -0.2) is 9.97 Å². The third-order valence-corrected chi connectivity index (χ3v) is 2.77. The highest BCUT2D eigenvalue weighted by Gasteiger charge is 2.05. The van der Waals surface area contributed by atoms with Crippen LogP contribution in [0.2, 0.25) is 0 Å². The lowest BCUT2D eigenvalue weighted by Crippen LogP contribution is -1.93. The van der Waals surface area contributed by atoms with E-state index in [9.17, 15) is 0 Å². The molecule has 0 N–H and O–H groups in total. The predicted octanol–water partition coefficient (Wildman–Crippen LogP) is 2.08. The van der Waals surface area contributed by atoms with Gasteiger partial charge in [0.1, 0.15) is 10.9 Å². The van der Waals surface area contributed by atoms with Crippen LogP contribution in [0, 0.1) is 20.8 Å². The van der Waals surface area contributed by atoms with Crippen molar-refractivity contribution in [2.75, 3.05) is 0 Å². The molecule has 2 aromatic heterocycles. The van der Waals surface area contributed by atoms with Crippen LogP contribution >= 0.6 is 11.8 Å². The molecule has 0 aromatic carbocycles. The van der Waals surface area contributed by atoms with Gasteiger partial charge in [-0.3, -0.25) is 0 Å². The van der Waals surface area contributed by atoms with E-state index in [4.69, 9.17) is 4.52 Å². The van der Waals surface area contributed by atoms with Crippen molar-refractivity contribution in [3.63, 3.8) is 0 Å². The molecule has 6 heteroatoms. The maximum Gasteiger partial charge on any atom is 0.223 e. The largest absolute Gasteiger partial charge is 0.340 e. The van der Waals surface area contributed by atoms with E-state index in [1.165, 1.54) is 0 Å². The van der Waals surface area contributed by atoms with Crippen LogP contribution in [0.3, 0.4) is 0 Å². The van der Waals surface area contributed by atoms with Crippen LogP contribution in [0.15, 0.2) is 15.6 Å². The molecule has 0 fully saturated rings. The number of hydrogen-bond acceptors (Lipinski definition) is 6. The van der Waals surface area contributed by atoms with Crippen LogP contribution in [0.1, 0.15) is 23.2 Å². The highest BCUT2D eigenvalue weighted by molar-refractivity contribution is 7.98. The molecule has 84 valence electrons. The van der Waals surface area contributed by atoms with E-state index in [2.05, 4.69) is 20.1 Å². The Labute approximate surface area is 97.7 Å². The minimum atomic E-state index is 0.589. The highest BCUT2D eigenvalue weighted by atomic mass is 32.2. The van der Waals surface area contributed by atoms with Gasteiger partial charge in [0, 0.05) is 12.6 Å². The minimum absolute atomic E-state index is 0.589. The summed E-state index contributed by atoms with van der Waals surface area (Å²) in [4.78, 5) is 12.7. The molecule has 2 heterocycles. The average molecular weight is 236 g/mol. The zero-order valence-corrected chi connectivity index (χ0v) is 10.2. The van der Waals surface area contributed by atoms with Gasteiger partial charge in [0.25, 0.3) is 0 Å². The quantitative estimate of drug-likeness (QED) is 0.600. The Kier molecular flexibility index (Phi) is 3.19. The summed E-state index contributed by atoms with van der Waals surface area (Å²) in [6.45, 7) is 5.62. The van der Waals surface area contributed by atoms with E-state index in [0.717, 1.165) is 16.5 Å². The van der Waals surface area contributed by atoms with E-state index in [0.29, 0.717) is 17.5 Å². The van der Waals surface area contributed by atoms with Crippen molar-refractivity contribution in [2.24, 2.45) is 0 Å². The van der Waals surface area contributed by atoms with Gasteiger partial charge in [-0.2, -0.15) is 4.98 Å². The van der Waals surface area contributed by atoms with Gasteiger partial charge in [0.15, 0.2) is 5.82 Å². The van der Waals surface area contributed by atoms with Crippen molar-refractivity contribution in [2.45, 2.75) is 31.6 Å². The summed E-state index contributed by atoms with van der Waals surface area (Å²) in [5.41, 5.74) is 0.972. The molecule has 0 bridgehead atoms. The van der Waals surface area contributed by atoms with Gasteiger partial charge >= 0.3 is 0 Å². The van der Waals surface area contributed by atoms with E-state index in [1.54, 1.807) is 18.7 Å². The molecular formula is C10H12N4OS. The molecule has 0 aliphatic rings. The van der Waals surface area contributed by atoms with E-state index in [1.807, 2.05) is 19.9 Å². The van der Waals surface area contributed by atoms with Gasteiger partial charge < -0.3 is 4.52 Å². The molecule has 5 nitrogen and oxygen atoms in total. The fourth-order valence-corrected chi connectivity index (χ4v) is 2.14. The number of nitrogens with zero attached hydrogens (tertiary/aromatic N) is 4. The van der Waals surface area contributed by atoms with Crippen molar-refractivity contribution >= 4 is 11.8 Å². The van der Waals surface area contributed by atoms with E-state index in [-0.39, 0.29) is 0 Å². The Morgan fingerprint density at radius 3 is 2.62 bits per heavy atom. The Bertz CT molecular complexity index is 477. The van der Waals surface area contributed by atoms with Crippen molar-refractivity contribution in [1.29, 1.82) is 0 Å². The standard InChI is InChI=1S/C10H12N4OS/c1-6-4-10(12-7(2)11-6)16-5-9-13-8(3)15-14-9/h4H,5H2,1-3H3. The zero-order valence-electron chi connectivity index (χ0n) is 9.39. The molecule has 0 saturated carbocycles. The molecule has 0 aliphatic heterocycles. The summed E-state index contributed by atoms with van der Waals surface area (Å²) in [6, 6.07) is 1.95. The second-order valence-corrected chi connectivity index (χ2v) is 4.41. The summed E-state index contributed by atoms with van der Waals surface area (Å²) in [5.74, 6) is 2.72. The Balaban J connectivity index is 2.04. The number of aromatic nitrogens is 4. The third-order valence-electron chi connectivity index (χ3n) is 1.86. The molecule has 16 heavy (non-hydrogen) atoms. The van der Waals surface area contributed by atoms with Gasteiger partial charge in [0.05, 0.1) is 5.75 Å². The summed E-state index contributed by atoms with van der Waals surface area (Å²) in [6.07, 6.45) is 0. The molecule has 0 saturated heterocycles. The first kappa shape index (κ1) is 11.1. The van der Waals surface area contributed by atoms with Crippen LogP contribution in [-0.4, -0.2) is 20.1 Å². The summed E-state index contributed by atoms with van der Waals surface area (Å²) >= 11 is 1.58. The van der Waals surface area contributed by atoms with Crippen molar-refractivity contribution < 1.29 is 4.52 Å². The lowest BCUT2D eigenvalue weighted by Gasteiger charge is -2.00. The molecule has 2 aromatic rings. The lowest BCUT2D eigenvalue weighted by atomic mass is 10.4. The monoisotopic (exact) mass is 236 g/mol. The number of rotatable bonds is 3.